The molecule has 1 aromatic carbocycles. The normalized spacial score (nSPS) is 19.1. The van der Waals surface area contributed by atoms with E-state index < -0.39 is 17.9 Å². The van der Waals surface area contributed by atoms with E-state index in [1.54, 1.807) is 0 Å². The lowest BCUT2D eigenvalue weighted by atomic mass is 9.98. The van der Waals surface area contributed by atoms with Gasteiger partial charge in [-0.2, -0.15) is 0 Å². The fourth-order valence-electron chi connectivity index (χ4n) is 3.85. The number of hydrogen-bond acceptors (Lipinski definition) is 4. The summed E-state index contributed by atoms with van der Waals surface area (Å²) in [4.78, 5) is 37.8. The first-order valence-corrected chi connectivity index (χ1v) is 9.26. The van der Waals surface area contributed by atoms with Gasteiger partial charge in [0.15, 0.2) is 0 Å². The Kier molecular flexibility index (Phi) is 4.40. The van der Waals surface area contributed by atoms with Gasteiger partial charge >= 0.3 is 11.8 Å². The first-order valence-electron chi connectivity index (χ1n) is 9.26. The molecule has 1 aliphatic carbocycles. The van der Waals surface area contributed by atoms with Crippen molar-refractivity contribution in [3.8, 4) is 0 Å². The van der Waals surface area contributed by atoms with Crippen LogP contribution in [0.1, 0.15) is 36.8 Å². The Morgan fingerprint density at radius 2 is 1.88 bits per heavy atom. The van der Waals surface area contributed by atoms with Crippen molar-refractivity contribution in [2.75, 3.05) is 23.3 Å². The summed E-state index contributed by atoms with van der Waals surface area (Å²) in [7, 11) is 0. The Bertz CT molecular complexity index is 772. The molecule has 2 heterocycles. The van der Waals surface area contributed by atoms with Crippen molar-refractivity contribution in [3.63, 3.8) is 0 Å². The van der Waals surface area contributed by atoms with Crippen molar-refractivity contribution in [3.05, 3.63) is 23.3 Å². The highest BCUT2D eigenvalue weighted by Gasteiger charge is 2.32. The molecular formula is C19H23N3O4. The first-order chi connectivity index (χ1) is 12.5. The number of hydrogen-bond donors (Lipinski definition) is 3. The van der Waals surface area contributed by atoms with Crippen molar-refractivity contribution in [1.29, 1.82) is 0 Å². The number of carbonyl (C=O) groups is 3. The maximum absolute atomic E-state index is 12.1. The van der Waals surface area contributed by atoms with Crippen LogP contribution in [0.15, 0.2) is 12.1 Å². The summed E-state index contributed by atoms with van der Waals surface area (Å²) in [5.74, 6) is -0.893. The molecule has 138 valence electrons. The second-order valence-corrected chi connectivity index (χ2v) is 7.34. The lowest BCUT2D eigenvalue weighted by Crippen LogP contribution is -2.37. The number of aliphatic hydroxyl groups excluding tert-OH is 1. The summed E-state index contributed by atoms with van der Waals surface area (Å²) in [6, 6.07) is 3.70. The van der Waals surface area contributed by atoms with Crippen molar-refractivity contribution in [2.45, 2.75) is 44.6 Å². The maximum atomic E-state index is 12.1. The minimum absolute atomic E-state index is 0.154. The predicted octanol–water partition coefficient (Wildman–Crippen LogP) is 0.738. The maximum Gasteiger partial charge on any atom is 0.313 e. The van der Waals surface area contributed by atoms with Crippen LogP contribution in [0.2, 0.25) is 0 Å². The molecule has 26 heavy (non-hydrogen) atoms. The summed E-state index contributed by atoms with van der Waals surface area (Å²) < 4.78 is 0. The van der Waals surface area contributed by atoms with Crippen molar-refractivity contribution < 1.29 is 19.5 Å². The zero-order valence-electron chi connectivity index (χ0n) is 14.6. The van der Waals surface area contributed by atoms with Gasteiger partial charge in [-0.1, -0.05) is 0 Å². The van der Waals surface area contributed by atoms with Crippen LogP contribution in [-0.2, 0) is 27.2 Å². The highest BCUT2D eigenvalue weighted by atomic mass is 16.3. The Morgan fingerprint density at radius 1 is 1.15 bits per heavy atom. The molecule has 1 unspecified atom stereocenters. The van der Waals surface area contributed by atoms with Gasteiger partial charge in [0.25, 0.3) is 0 Å². The summed E-state index contributed by atoms with van der Waals surface area (Å²) >= 11 is 0. The monoisotopic (exact) mass is 357 g/mol. The van der Waals surface area contributed by atoms with E-state index in [0.717, 1.165) is 36.1 Å². The Labute approximate surface area is 151 Å². The first kappa shape index (κ1) is 17.0. The predicted molar refractivity (Wildman–Crippen MR) is 95.8 cm³/mol. The number of aryl methyl sites for hydroxylation is 1. The lowest BCUT2D eigenvalue weighted by Gasteiger charge is -2.25. The number of rotatable bonds is 5. The molecule has 0 saturated heterocycles. The zero-order chi connectivity index (χ0) is 18.3. The summed E-state index contributed by atoms with van der Waals surface area (Å²) in [5.41, 5.74) is 3.66. The van der Waals surface area contributed by atoms with Crippen LogP contribution < -0.4 is 15.5 Å². The molecule has 1 aromatic rings. The fourth-order valence-corrected chi connectivity index (χ4v) is 3.85. The molecule has 1 fully saturated rings. The van der Waals surface area contributed by atoms with Crippen LogP contribution in [0.5, 0.6) is 0 Å². The second-order valence-electron chi connectivity index (χ2n) is 7.34. The van der Waals surface area contributed by atoms with Crippen LogP contribution >= 0.6 is 0 Å². The van der Waals surface area contributed by atoms with Crippen molar-refractivity contribution in [1.82, 2.24) is 5.32 Å². The standard InChI is InChI=1S/C19H23N3O4/c23-15(11-1-2-11)5-7-20-18(25)19(26)21-14-9-12-3-4-16(24)22-8-6-13(10-14)17(12)22/h9-11,15,23H,1-8H2,(H,20,25)(H,21,26). The van der Waals surface area contributed by atoms with Gasteiger partial charge in [-0.3, -0.25) is 14.4 Å². The topological polar surface area (TPSA) is 98.7 Å². The summed E-state index contributed by atoms with van der Waals surface area (Å²) in [5, 5.41) is 15.0. The van der Waals surface area contributed by atoms with Crippen LogP contribution in [0.25, 0.3) is 0 Å². The zero-order valence-corrected chi connectivity index (χ0v) is 14.6. The molecule has 1 saturated carbocycles. The van der Waals surface area contributed by atoms with Gasteiger partial charge in [0.05, 0.1) is 11.8 Å². The van der Waals surface area contributed by atoms with Gasteiger partial charge in [0.2, 0.25) is 5.91 Å². The van der Waals surface area contributed by atoms with E-state index in [9.17, 15) is 19.5 Å². The number of benzene rings is 1. The van der Waals surface area contributed by atoms with Gasteiger partial charge in [0.1, 0.15) is 0 Å². The second kappa shape index (κ2) is 6.72. The smallest absolute Gasteiger partial charge is 0.313 e. The largest absolute Gasteiger partial charge is 0.393 e. The van der Waals surface area contributed by atoms with Crippen LogP contribution in [0.3, 0.4) is 0 Å². The molecule has 4 rings (SSSR count). The third-order valence-electron chi connectivity index (χ3n) is 5.41. The molecule has 0 bridgehead atoms. The van der Waals surface area contributed by atoms with Crippen molar-refractivity contribution in [2.24, 2.45) is 5.92 Å². The van der Waals surface area contributed by atoms with E-state index in [0.29, 0.717) is 37.4 Å². The molecule has 0 spiro atoms. The molecule has 3 aliphatic rings. The van der Waals surface area contributed by atoms with E-state index in [4.69, 9.17) is 0 Å². The van der Waals surface area contributed by atoms with Crippen LogP contribution in [0.4, 0.5) is 11.4 Å². The number of nitrogens with one attached hydrogen (secondary N) is 2. The van der Waals surface area contributed by atoms with E-state index in [1.807, 2.05) is 17.0 Å². The number of amides is 3. The molecular weight excluding hydrogens is 334 g/mol. The fraction of sp³-hybridized carbons (Fsp3) is 0.526. The van der Waals surface area contributed by atoms with Gasteiger partial charge in [-0.05, 0) is 61.3 Å². The average molecular weight is 357 g/mol. The highest BCUT2D eigenvalue weighted by molar-refractivity contribution is 6.39. The Morgan fingerprint density at radius 3 is 2.62 bits per heavy atom. The minimum atomic E-state index is -0.709. The van der Waals surface area contributed by atoms with E-state index in [-0.39, 0.29) is 12.5 Å². The molecule has 2 aliphatic heterocycles. The number of anilines is 2. The third-order valence-corrected chi connectivity index (χ3v) is 5.41. The van der Waals surface area contributed by atoms with Crippen LogP contribution in [-0.4, -0.2) is 42.0 Å². The van der Waals surface area contributed by atoms with Gasteiger partial charge in [-0.25, -0.2) is 0 Å². The molecule has 7 heteroatoms. The molecule has 1 atom stereocenters. The lowest BCUT2D eigenvalue weighted by molar-refractivity contribution is -0.136. The molecule has 3 amide bonds. The number of aliphatic hydroxyl groups is 1. The van der Waals surface area contributed by atoms with Gasteiger partial charge < -0.3 is 20.6 Å². The van der Waals surface area contributed by atoms with Gasteiger partial charge in [-0.15, -0.1) is 0 Å². The summed E-state index contributed by atoms with van der Waals surface area (Å²) in [6.45, 7) is 0.971. The van der Waals surface area contributed by atoms with Crippen LogP contribution in [0, 0.1) is 5.92 Å². The SMILES string of the molecule is O=C(NCCC(O)C1CC1)C(=O)Nc1cc2c3c(c1)CCN3C(=O)CC2. The Hall–Kier alpha value is -2.41. The van der Waals surface area contributed by atoms with Gasteiger partial charge in [0, 0.05) is 25.2 Å². The van der Waals surface area contributed by atoms with E-state index >= 15 is 0 Å². The number of nitrogens with zero attached hydrogens (tertiary/aromatic N) is 1. The Balaban J connectivity index is 1.36. The molecule has 0 aromatic heterocycles. The molecule has 3 N–H and O–H groups in total. The number of carbonyl (C=O) groups excluding carboxylic acids is 3. The molecule has 0 radical (unpaired) electrons. The molecule has 7 nitrogen and oxygen atoms in total. The summed E-state index contributed by atoms with van der Waals surface area (Å²) in [6.07, 6.45) is 4.06. The highest BCUT2D eigenvalue weighted by Crippen LogP contribution is 2.38. The average Bonchev–Trinajstić information content (AvgIpc) is 3.38. The quantitative estimate of drug-likeness (QED) is 0.677. The van der Waals surface area contributed by atoms with E-state index in [1.165, 1.54) is 0 Å². The third kappa shape index (κ3) is 3.31. The van der Waals surface area contributed by atoms with E-state index in [2.05, 4.69) is 10.6 Å². The van der Waals surface area contributed by atoms with Crippen molar-refractivity contribution >= 4 is 29.1 Å². The minimum Gasteiger partial charge on any atom is -0.393 e.